The molecule has 2 aliphatic carbocycles. The molecule has 166 valence electrons. The first-order chi connectivity index (χ1) is 15.7. The van der Waals surface area contributed by atoms with Crippen LogP contribution in [0.15, 0.2) is 42.6 Å². The average Bonchev–Trinajstić information content (AvgIpc) is 3.54. The summed E-state index contributed by atoms with van der Waals surface area (Å²) in [6, 6.07) is 13.4. The Bertz CT molecular complexity index is 1140. The van der Waals surface area contributed by atoms with Crippen LogP contribution in [0, 0.1) is 6.92 Å². The molecule has 3 aromatic rings. The van der Waals surface area contributed by atoms with Crippen LogP contribution in [0.3, 0.4) is 0 Å². The van der Waals surface area contributed by atoms with E-state index in [-0.39, 0.29) is 12.1 Å². The molecule has 0 bridgehead atoms. The molecule has 0 spiro atoms. The summed E-state index contributed by atoms with van der Waals surface area (Å²) in [5, 5.41) is 4.72. The summed E-state index contributed by atoms with van der Waals surface area (Å²) < 4.78 is 2.37. The van der Waals surface area contributed by atoms with Crippen molar-refractivity contribution in [3.8, 4) is 5.00 Å². The van der Waals surface area contributed by atoms with Crippen LogP contribution >= 0.6 is 11.3 Å². The molecular weight excluding hydrogens is 414 g/mol. The number of hydrogen-bond acceptors (Lipinski definition) is 2. The molecule has 1 fully saturated rings. The molecule has 5 heteroatoms. The third kappa shape index (κ3) is 3.38. The molecule has 3 heterocycles. The fraction of sp³-hybridized carbons (Fsp3) is 0.444. The van der Waals surface area contributed by atoms with E-state index >= 15 is 0 Å². The van der Waals surface area contributed by atoms with Gasteiger partial charge in [-0.3, -0.25) is 0 Å². The molecule has 1 aliphatic heterocycles. The third-order valence-corrected chi connectivity index (χ3v) is 8.85. The summed E-state index contributed by atoms with van der Waals surface area (Å²) in [4.78, 5) is 17.4. The summed E-state index contributed by atoms with van der Waals surface area (Å²) in [7, 11) is 0. The van der Waals surface area contributed by atoms with Crippen molar-refractivity contribution < 1.29 is 4.79 Å². The second kappa shape index (κ2) is 8.11. The molecule has 32 heavy (non-hydrogen) atoms. The fourth-order valence-electron chi connectivity index (χ4n) is 5.81. The SMILES string of the molecule is Cc1ccc([C@H]2c3cccn3-c3sc4c(c3CN2C(=O)NC2CCCC2)CCCC4)cc1. The number of urea groups is 1. The van der Waals surface area contributed by atoms with Crippen molar-refractivity contribution in [3.63, 3.8) is 0 Å². The highest BCUT2D eigenvalue weighted by Crippen LogP contribution is 2.44. The maximum Gasteiger partial charge on any atom is 0.318 e. The number of nitrogens with zero attached hydrogens (tertiary/aromatic N) is 2. The highest BCUT2D eigenvalue weighted by atomic mass is 32.1. The Balaban J connectivity index is 1.49. The van der Waals surface area contributed by atoms with Crippen molar-refractivity contribution in [1.82, 2.24) is 14.8 Å². The Morgan fingerprint density at radius 3 is 2.59 bits per heavy atom. The van der Waals surface area contributed by atoms with E-state index in [0.717, 1.165) is 19.3 Å². The number of benzene rings is 1. The third-order valence-electron chi connectivity index (χ3n) is 7.52. The predicted octanol–water partition coefficient (Wildman–Crippen LogP) is 6.28. The zero-order valence-corrected chi connectivity index (χ0v) is 19.6. The van der Waals surface area contributed by atoms with Gasteiger partial charge in [-0.05, 0) is 68.7 Å². The zero-order chi connectivity index (χ0) is 21.7. The first kappa shape index (κ1) is 20.1. The number of amides is 2. The van der Waals surface area contributed by atoms with E-state index in [2.05, 4.69) is 64.3 Å². The first-order valence-corrected chi connectivity index (χ1v) is 13.0. The van der Waals surface area contributed by atoms with Crippen molar-refractivity contribution in [2.24, 2.45) is 0 Å². The molecule has 6 rings (SSSR count). The minimum Gasteiger partial charge on any atom is -0.335 e. The maximum atomic E-state index is 13.8. The van der Waals surface area contributed by atoms with E-state index in [0.29, 0.717) is 12.6 Å². The van der Waals surface area contributed by atoms with E-state index in [1.807, 2.05) is 11.3 Å². The van der Waals surface area contributed by atoms with Gasteiger partial charge in [0.1, 0.15) is 5.00 Å². The van der Waals surface area contributed by atoms with Gasteiger partial charge in [0.25, 0.3) is 0 Å². The van der Waals surface area contributed by atoms with Crippen LogP contribution in [0.1, 0.15) is 77.4 Å². The predicted molar refractivity (Wildman–Crippen MR) is 130 cm³/mol. The van der Waals surface area contributed by atoms with Crippen LogP contribution in [0.25, 0.3) is 5.00 Å². The molecule has 0 saturated heterocycles. The van der Waals surface area contributed by atoms with Crippen molar-refractivity contribution in [2.45, 2.75) is 76.9 Å². The van der Waals surface area contributed by atoms with Crippen molar-refractivity contribution in [3.05, 3.63) is 75.4 Å². The van der Waals surface area contributed by atoms with Gasteiger partial charge in [0.15, 0.2) is 0 Å². The summed E-state index contributed by atoms with van der Waals surface area (Å²) in [5.74, 6) is 0. The van der Waals surface area contributed by atoms with Crippen LogP contribution in [-0.4, -0.2) is 21.5 Å². The topological polar surface area (TPSA) is 37.3 Å². The highest BCUT2D eigenvalue weighted by molar-refractivity contribution is 7.15. The Hall–Kier alpha value is -2.53. The van der Waals surface area contributed by atoms with Crippen LogP contribution in [0.5, 0.6) is 0 Å². The average molecular weight is 446 g/mol. The largest absolute Gasteiger partial charge is 0.335 e. The van der Waals surface area contributed by atoms with E-state index in [1.165, 1.54) is 69.9 Å². The van der Waals surface area contributed by atoms with Gasteiger partial charge in [0, 0.05) is 22.7 Å². The number of aromatic nitrogens is 1. The summed E-state index contributed by atoms with van der Waals surface area (Å²) in [5.41, 5.74) is 6.50. The van der Waals surface area contributed by atoms with E-state index in [9.17, 15) is 4.79 Å². The minimum atomic E-state index is -0.0918. The van der Waals surface area contributed by atoms with Gasteiger partial charge in [0.2, 0.25) is 0 Å². The molecule has 2 amide bonds. The van der Waals surface area contributed by atoms with Gasteiger partial charge in [-0.25, -0.2) is 4.79 Å². The van der Waals surface area contributed by atoms with Crippen LogP contribution in [0.2, 0.25) is 0 Å². The molecule has 0 unspecified atom stereocenters. The molecule has 2 aromatic heterocycles. The lowest BCUT2D eigenvalue weighted by Gasteiger charge is -2.32. The van der Waals surface area contributed by atoms with Crippen molar-refractivity contribution >= 4 is 17.4 Å². The van der Waals surface area contributed by atoms with Gasteiger partial charge in [-0.2, -0.15) is 0 Å². The van der Waals surface area contributed by atoms with Gasteiger partial charge in [-0.1, -0.05) is 42.7 Å². The fourth-order valence-corrected chi connectivity index (χ4v) is 7.22. The number of rotatable bonds is 2. The number of nitrogens with one attached hydrogen (secondary N) is 1. The Kier molecular flexibility index (Phi) is 5.09. The number of aryl methyl sites for hydroxylation is 2. The van der Waals surface area contributed by atoms with E-state index in [1.54, 1.807) is 0 Å². The summed E-state index contributed by atoms with van der Waals surface area (Å²) in [6.45, 7) is 2.80. The van der Waals surface area contributed by atoms with Crippen LogP contribution < -0.4 is 5.32 Å². The Morgan fingerprint density at radius 2 is 1.78 bits per heavy atom. The lowest BCUT2D eigenvalue weighted by Crippen LogP contribution is -2.45. The first-order valence-electron chi connectivity index (χ1n) is 12.1. The van der Waals surface area contributed by atoms with E-state index in [4.69, 9.17) is 0 Å². The second-order valence-corrected chi connectivity index (χ2v) is 10.8. The van der Waals surface area contributed by atoms with E-state index < -0.39 is 0 Å². The lowest BCUT2D eigenvalue weighted by atomic mass is 9.95. The summed E-state index contributed by atoms with van der Waals surface area (Å²) >= 11 is 1.95. The second-order valence-electron chi connectivity index (χ2n) is 9.67. The number of carbonyl (C=O) groups is 1. The van der Waals surface area contributed by atoms with Crippen LogP contribution in [-0.2, 0) is 19.4 Å². The molecule has 1 N–H and O–H groups in total. The molecule has 1 saturated carbocycles. The normalized spacial score (nSPS) is 20.4. The maximum absolute atomic E-state index is 13.8. The zero-order valence-electron chi connectivity index (χ0n) is 18.8. The summed E-state index contributed by atoms with van der Waals surface area (Å²) in [6.07, 6.45) is 11.7. The number of carbonyl (C=O) groups excluding carboxylic acids is 1. The van der Waals surface area contributed by atoms with Gasteiger partial charge >= 0.3 is 6.03 Å². The number of fused-ring (bicyclic) bond motifs is 5. The van der Waals surface area contributed by atoms with Crippen molar-refractivity contribution in [2.75, 3.05) is 0 Å². The molecule has 1 atom stereocenters. The smallest absolute Gasteiger partial charge is 0.318 e. The monoisotopic (exact) mass is 445 g/mol. The standard InChI is InChI=1S/C27H31N3OS/c1-18-12-14-19(15-13-18)25-23-10-6-16-29(23)26-22(21-9-4-5-11-24(21)32-26)17-30(25)27(31)28-20-7-2-3-8-20/h6,10,12-16,20,25H,2-5,7-9,11,17H2,1H3,(H,28,31)/t25-/m0/s1. The molecular formula is C27H31N3OS. The minimum absolute atomic E-state index is 0.0823. The number of thiophene rings is 1. The van der Waals surface area contributed by atoms with Gasteiger partial charge in [-0.15, -0.1) is 11.3 Å². The Labute approximate surface area is 194 Å². The molecule has 0 radical (unpaired) electrons. The quantitative estimate of drug-likeness (QED) is 0.495. The molecule has 4 nitrogen and oxygen atoms in total. The van der Waals surface area contributed by atoms with Gasteiger partial charge < -0.3 is 14.8 Å². The Morgan fingerprint density at radius 1 is 1.00 bits per heavy atom. The van der Waals surface area contributed by atoms with Gasteiger partial charge in [0.05, 0.1) is 18.3 Å². The number of hydrogen-bond donors (Lipinski definition) is 1. The molecule has 1 aromatic carbocycles. The van der Waals surface area contributed by atoms with Crippen molar-refractivity contribution in [1.29, 1.82) is 0 Å². The van der Waals surface area contributed by atoms with Crippen LogP contribution in [0.4, 0.5) is 4.79 Å². The highest BCUT2D eigenvalue weighted by Gasteiger charge is 2.36. The molecule has 3 aliphatic rings. The lowest BCUT2D eigenvalue weighted by molar-refractivity contribution is 0.176.